The van der Waals surface area contributed by atoms with Crippen LogP contribution in [0.4, 0.5) is 0 Å². The van der Waals surface area contributed by atoms with Gasteiger partial charge in [-0.3, -0.25) is 0 Å². The first-order valence-corrected chi connectivity index (χ1v) is 14.1. The van der Waals surface area contributed by atoms with Crippen molar-refractivity contribution in [3.05, 3.63) is 138 Å². The van der Waals surface area contributed by atoms with Crippen molar-refractivity contribution < 1.29 is 0 Å². The first-order valence-electron chi connectivity index (χ1n) is 14.1. The third kappa shape index (κ3) is 3.96. The van der Waals surface area contributed by atoms with Crippen LogP contribution in [0.1, 0.15) is 30.7 Å². The highest BCUT2D eigenvalue weighted by Gasteiger charge is 2.16. The third-order valence-electron chi connectivity index (χ3n) is 8.04. The van der Waals surface area contributed by atoms with E-state index in [1.54, 1.807) is 0 Å². The fourth-order valence-electron chi connectivity index (χ4n) is 6.28. The quantitative estimate of drug-likeness (QED) is 0.219. The molecule has 2 aromatic heterocycles. The van der Waals surface area contributed by atoms with Gasteiger partial charge in [-0.25, -0.2) is 0 Å². The minimum absolute atomic E-state index is 0.641. The van der Waals surface area contributed by atoms with Crippen molar-refractivity contribution in [2.75, 3.05) is 0 Å². The van der Waals surface area contributed by atoms with E-state index in [1.807, 2.05) is 12.1 Å². The molecule has 7 rings (SSSR count). The maximum atomic E-state index is 9.99. The van der Waals surface area contributed by atoms with Gasteiger partial charge >= 0.3 is 0 Å². The van der Waals surface area contributed by atoms with Crippen LogP contribution in [0.2, 0.25) is 0 Å². The van der Waals surface area contributed by atoms with Crippen molar-refractivity contribution in [2.45, 2.75) is 20.3 Å². The Kier molecular flexibility index (Phi) is 6.03. The van der Waals surface area contributed by atoms with Gasteiger partial charge in [-0.05, 0) is 84.6 Å². The Morgan fingerprint density at radius 2 is 1.22 bits per heavy atom. The van der Waals surface area contributed by atoms with Crippen LogP contribution in [-0.2, 0) is 6.42 Å². The molecule has 5 aromatic carbocycles. The molecule has 0 fully saturated rings. The van der Waals surface area contributed by atoms with Gasteiger partial charge in [0.2, 0.25) is 0 Å². The summed E-state index contributed by atoms with van der Waals surface area (Å²) in [5.74, 6) is 0. The normalized spacial score (nSPS) is 11.6. The Morgan fingerprint density at radius 1 is 0.634 bits per heavy atom. The maximum absolute atomic E-state index is 9.99. The van der Waals surface area contributed by atoms with E-state index in [0.29, 0.717) is 5.56 Å². The standard InChI is InChI=1S/C38H29N3/c1-3-11-35-31(4-2)32-12-5-8-15-36(32)40(35)29-20-18-27(19-21-29)28-22-26(25-39)23-30(24-28)41-37-16-9-6-13-33(37)34-14-7-10-17-38(34)41/h3,5-24H,4H2,1-2H3/b11-3-. The number of para-hydroxylation sites is 3. The van der Waals surface area contributed by atoms with Crippen LogP contribution < -0.4 is 0 Å². The van der Waals surface area contributed by atoms with Crippen molar-refractivity contribution in [3.63, 3.8) is 0 Å². The van der Waals surface area contributed by atoms with Crippen LogP contribution in [0.25, 0.3) is 61.3 Å². The second kappa shape index (κ2) is 10.0. The average Bonchev–Trinajstić information content (AvgIpc) is 3.53. The second-order valence-electron chi connectivity index (χ2n) is 10.4. The molecule has 0 amide bonds. The van der Waals surface area contributed by atoms with Crippen LogP contribution >= 0.6 is 0 Å². The average molecular weight is 528 g/mol. The van der Waals surface area contributed by atoms with Crippen LogP contribution in [0.5, 0.6) is 0 Å². The summed E-state index contributed by atoms with van der Waals surface area (Å²) in [6, 6.07) is 42.8. The summed E-state index contributed by atoms with van der Waals surface area (Å²) >= 11 is 0. The second-order valence-corrected chi connectivity index (χ2v) is 10.4. The van der Waals surface area contributed by atoms with Crippen molar-refractivity contribution >= 4 is 38.8 Å². The highest BCUT2D eigenvalue weighted by Crippen LogP contribution is 2.35. The first-order chi connectivity index (χ1) is 20.2. The molecule has 0 saturated carbocycles. The molecule has 0 bridgehead atoms. The highest BCUT2D eigenvalue weighted by atomic mass is 15.0. The molecule has 2 heterocycles. The lowest BCUT2D eigenvalue weighted by Crippen LogP contribution is -1.98. The summed E-state index contributed by atoms with van der Waals surface area (Å²) in [4.78, 5) is 0. The Hall–Kier alpha value is -5.33. The molecule has 0 atom stereocenters. The summed E-state index contributed by atoms with van der Waals surface area (Å²) in [5, 5.41) is 13.7. The number of nitriles is 1. The zero-order valence-corrected chi connectivity index (χ0v) is 23.2. The number of allylic oxidation sites excluding steroid dienone is 1. The van der Waals surface area contributed by atoms with Gasteiger partial charge in [0.1, 0.15) is 0 Å². The van der Waals surface area contributed by atoms with E-state index >= 15 is 0 Å². The Morgan fingerprint density at radius 3 is 1.80 bits per heavy atom. The summed E-state index contributed by atoms with van der Waals surface area (Å²) in [6.45, 7) is 4.29. The van der Waals surface area contributed by atoms with Crippen LogP contribution in [-0.4, -0.2) is 9.13 Å². The van der Waals surface area contributed by atoms with E-state index in [1.165, 1.54) is 32.9 Å². The highest BCUT2D eigenvalue weighted by molar-refractivity contribution is 6.09. The van der Waals surface area contributed by atoms with Gasteiger partial charge in [0.25, 0.3) is 0 Å². The summed E-state index contributed by atoms with van der Waals surface area (Å²) in [5.41, 5.74) is 10.9. The molecule has 0 unspecified atom stereocenters. The van der Waals surface area contributed by atoms with E-state index in [9.17, 15) is 5.26 Å². The number of nitrogens with zero attached hydrogens (tertiary/aromatic N) is 3. The van der Waals surface area contributed by atoms with E-state index < -0.39 is 0 Å². The van der Waals surface area contributed by atoms with E-state index in [4.69, 9.17) is 0 Å². The van der Waals surface area contributed by atoms with Crippen molar-refractivity contribution in [3.8, 4) is 28.6 Å². The van der Waals surface area contributed by atoms with Gasteiger partial charge in [0.15, 0.2) is 0 Å². The fraction of sp³-hybridized carbons (Fsp3) is 0.0789. The lowest BCUT2D eigenvalue weighted by atomic mass is 10.0. The SMILES string of the molecule is C/C=C\c1c(CC)c2ccccc2n1-c1ccc(-c2cc(C#N)cc(-n3c4ccccc4c4ccccc43)c2)cc1. The molecule has 7 aromatic rings. The molecule has 3 nitrogen and oxygen atoms in total. The van der Waals surface area contributed by atoms with E-state index in [2.05, 4.69) is 144 Å². The molecular formula is C38H29N3. The molecule has 0 saturated heterocycles. The molecule has 0 aliphatic carbocycles. The monoisotopic (exact) mass is 527 g/mol. The van der Waals surface area contributed by atoms with Gasteiger partial charge in [0, 0.05) is 33.2 Å². The molecule has 0 spiro atoms. The predicted octanol–water partition coefficient (Wildman–Crippen LogP) is 9.86. The molecule has 196 valence electrons. The number of fused-ring (bicyclic) bond motifs is 4. The van der Waals surface area contributed by atoms with Gasteiger partial charge in [-0.2, -0.15) is 5.26 Å². The summed E-state index contributed by atoms with van der Waals surface area (Å²) in [6.07, 6.45) is 5.29. The Bertz CT molecular complexity index is 2090. The molecule has 41 heavy (non-hydrogen) atoms. The zero-order chi connectivity index (χ0) is 27.9. The molecule has 3 heteroatoms. The minimum Gasteiger partial charge on any atom is -0.310 e. The largest absolute Gasteiger partial charge is 0.310 e. The lowest BCUT2D eigenvalue weighted by Gasteiger charge is -2.13. The topological polar surface area (TPSA) is 33.6 Å². The zero-order valence-electron chi connectivity index (χ0n) is 23.2. The predicted molar refractivity (Wildman–Crippen MR) is 172 cm³/mol. The number of benzene rings is 5. The van der Waals surface area contributed by atoms with Crippen LogP contribution in [0.3, 0.4) is 0 Å². The fourth-order valence-corrected chi connectivity index (χ4v) is 6.28. The summed E-state index contributed by atoms with van der Waals surface area (Å²) in [7, 11) is 0. The lowest BCUT2D eigenvalue weighted by molar-refractivity contribution is 1.06. The molecule has 0 radical (unpaired) electrons. The van der Waals surface area contributed by atoms with Gasteiger partial charge in [0.05, 0.1) is 28.2 Å². The van der Waals surface area contributed by atoms with Crippen molar-refractivity contribution in [2.24, 2.45) is 0 Å². The molecular weight excluding hydrogens is 498 g/mol. The van der Waals surface area contributed by atoms with Crippen molar-refractivity contribution in [1.29, 1.82) is 5.26 Å². The van der Waals surface area contributed by atoms with Crippen molar-refractivity contribution in [1.82, 2.24) is 9.13 Å². The van der Waals surface area contributed by atoms with Crippen LogP contribution in [0.15, 0.2) is 121 Å². The molecule has 0 aliphatic heterocycles. The molecule has 0 N–H and O–H groups in total. The Labute approximate surface area is 239 Å². The van der Waals surface area contributed by atoms with E-state index in [-0.39, 0.29) is 0 Å². The smallest absolute Gasteiger partial charge is 0.0992 e. The number of hydrogen-bond donors (Lipinski definition) is 0. The van der Waals surface area contributed by atoms with Gasteiger partial charge in [-0.1, -0.05) is 79.7 Å². The van der Waals surface area contributed by atoms with Gasteiger partial charge < -0.3 is 9.13 Å². The number of aromatic nitrogens is 2. The molecule has 0 aliphatic rings. The Balaban J connectivity index is 1.38. The minimum atomic E-state index is 0.641. The van der Waals surface area contributed by atoms with E-state index in [0.717, 1.165) is 40.0 Å². The van der Waals surface area contributed by atoms with Gasteiger partial charge in [-0.15, -0.1) is 0 Å². The number of rotatable bonds is 5. The summed E-state index contributed by atoms with van der Waals surface area (Å²) < 4.78 is 4.62. The van der Waals surface area contributed by atoms with Crippen LogP contribution in [0, 0.1) is 11.3 Å². The first kappa shape index (κ1) is 24.7. The number of aryl methyl sites for hydroxylation is 1. The third-order valence-corrected chi connectivity index (χ3v) is 8.04. The maximum Gasteiger partial charge on any atom is 0.0992 e. The number of hydrogen-bond acceptors (Lipinski definition) is 1.